The number of hydrogen-bond donors (Lipinski definition) is 8. The number of phosphoric acid groups is 2. The first kappa shape index (κ1) is 63.4. The number of phosphoric ester groups is 2. The van der Waals surface area contributed by atoms with Crippen LogP contribution in [0.15, 0.2) is 72.9 Å². The summed E-state index contributed by atoms with van der Waals surface area (Å²) in [6.45, 7) is 1.04. The lowest BCUT2D eigenvalue weighted by Gasteiger charge is -2.43. The number of aliphatic hydroxyl groups excluding tert-OH is 5. The lowest BCUT2D eigenvalue weighted by molar-refractivity contribution is -0.216. The molecule has 17 nitrogen and oxygen atoms in total. The number of rotatable bonds is 41. The highest BCUT2D eigenvalue weighted by Crippen LogP contribution is 2.49. The molecule has 8 N–H and O–H groups in total. The van der Waals surface area contributed by atoms with Crippen LogP contribution in [-0.2, 0) is 41.8 Å². The first-order chi connectivity index (χ1) is 32.6. The highest BCUT2D eigenvalue weighted by molar-refractivity contribution is 7.47. The zero-order chi connectivity index (χ0) is 50.3. The van der Waals surface area contributed by atoms with Crippen LogP contribution in [0.25, 0.3) is 0 Å². The van der Waals surface area contributed by atoms with Crippen molar-refractivity contribution in [3.8, 4) is 0 Å². The molecule has 1 saturated carbocycles. The SMILES string of the molecule is CCCCC/C=C\C/C=C\CCCCCCCCCC(=O)O[C@H](COC(=O)CCC/C=C\C/C=C\C/C=C\C/C=C\CCCCCO)COP(=O)(O)O[C@H]1C(O)C(O)C(O)[C@@H](OP(=O)(O)O)C1O. The van der Waals surface area contributed by atoms with Crippen LogP contribution in [0.5, 0.6) is 0 Å². The summed E-state index contributed by atoms with van der Waals surface area (Å²) >= 11 is 0. The van der Waals surface area contributed by atoms with Crippen molar-refractivity contribution in [1.29, 1.82) is 0 Å². The molecule has 0 aromatic heterocycles. The summed E-state index contributed by atoms with van der Waals surface area (Å²) in [6.07, 6.45) is 31.5. The van der Waals surface area contributed by atoms with Crippen LogP contribution >= 0.6 is 15.6 Å². The molecule has 1 fully saturated rings. The van der Waals surface area contributed by atoms with Gasteiger partial charge >= 0.3 is 27.6 Å². The maximum Gasteiger partial charge on any atom is 0.472 e. The number of hydrogen-bond acceptors (Lipinski definition) is 14. The van der Waals surface area contributed by atoms with E-state index in [-0.39, 0.29) is 19.4 Å². The van der Waals surface area contributed by atoms with Crippen molar-refractivity contribution in [2.24, 2.45) is 0 Å². The molecule has 0 amide bonds. The van der Waals surface area contributed by atoms with Gasteiger partial charge in [-0.1, -0.05) is 131 Å². The van der Waals surface area contributed by atoms with Crippen molar-refractivity contribution in [1.82, 2.24) is 0 Å². The van der Waals surface area contributed by atoms with Gasteiger partial charge in [0.05, 0.1) is 6.61 Å². The molecule has 0 heterocycles. The van der Waals surface area contributed by atoms with Crippen LogP contribution in [0.4, 0.5) is 0 Å². The summed E-state index contributed by atoms with van der Waals surface area (Å²) in [7, 11) is -10.7. The number of carbonyl (C=O) groups is 2. The Labute approximate surface area is 404 Å². The fourth-order valence-corrected chi connectivity index (χ4v) is 8.51. The van der Waals surface area contributed by atoms with Crippen LogP contribution < -0.4 is 0 Å². The lowest BCUT2D eigenvalue weighted by Crippen LogP contribution is -2.64. The topological polar surface area (TPSA) is 276 Å². The number of carbonyl (C=O) groups excluding carboxylic acids is 2. The minimum Gasteiger partial charge on any atom is -0.462 e. The number of esters is 2. The second-order valence-corrected chi connectivity index (χ2v) is 19.5. The van der Waals surface area contributed by atoms with Crippen LogP contribution in [0.1, 0.15) is 161 Å². The Balaban J connectivity index is 2.61. The molecule has 0 aliphatic heterocycles. The lowest BCUT2D eigenvalue weighted by atomic mass is 9.85. The molecule has 5 unspecified atom stereocenters. The second kappa shape index (κ2) is 40.0. The van der Waals surface area contributed by atoms with E-state index in [1.54, 1.807) is 0 Å². The highest BCUT2D eigenvalue weighted by Gasteiger charge is 2.54. The number of unbranched alkanes of at least 4 members (excludes halogenated alkanes) is 14. The monoisotopic (exact) mass is 1010 g/mol. The Bertz CT molecular complexity index is 1590. The van der Waals surface area contributed by atoms with E-state index >= 15 is 0 Å². The van der Waals surface area contributed by atoms with E-state index in [4.69, 9.17) is 23.6 Å². The maximum atomic E-state index is 13.0. The third-order valence-electron chi connectivity index (χ3n) is 10.8. The molecular weight excluding hydrogens is 922 g/mol. The Kier molecular flexibility index (Phi) is 37.3. The Morgan fingerprint density at radius 2 is 0.926 bits per heavy atom. The molecule has 19 heteroatoms. The average Bonchev–Trinajstić information content (AvgIpc) is 3.29. The van der Waals surface area contributed by atoms with Gasteiger partial charge in [0.1, 0.15) is 43.2 Å². The Morgan fingerprint density at radius 1 is 0.500 bits per heavy atom. The summed E-state index contributed by atoms with van der Waals surface area (Å²) in [4.78, 5) is 54.3. The van der Waals surface area contributed by atoms with E-state index in [0.29, 0.717) is 19.3 Å². The molecule has 0 spiro atoms. The van der Waals surface area contributed by atoms with Crippen LogP contribution in [0.2, 0.25) is 0 Å². The zero-order valence-corrected chi connectivity index (χ0v) is 42.0. The minimum atomic E-state index is -5.38. The first-order valence-corrected chi connectivity index (χ1v) is 27.6. The van der Waals surface area contributed by atoms with Gasteiger partial charge in [0.2, 0.25) is 0 Å². The highest BCUT2D eigenvalue weighted by atomic mass is 31.2. The third kappa shape index (κ3) is 33.8. The quantitative estimate of drug-likeness (QED) is 0.0123. The van der Waals surface area contributed by atoms with Gasteiger partial charge in [0, 0.05) is 19.4 Å². The van der Waals surface area contributed by atoms with Crippen molar-refractivity contribution in [2.45, 2.75) is 204 Å². The fraction of sp³-hybridized carbons (Fsp3) is 0.714. The second-order valence-electron chi connectivity index (χ2n) is 16.9. The molecule has 0 bridgehead atoms. The maximum absolute atomic E-state index is 13.0. The molecule has 392 valence electrons. The standard InChI is InChI=1S/C49H84O17P2/c1-2-3-4-5-6-7-8-9-10-12-16-19-22-25-28-31-34-37-43(52)64-41(40-63-68(60,61)66-49-46(55)44(53)45(54)48(47(49)56)65-67(57,58)59)39-62-42(51)36-33-30-27-24-21-18-15-13-11-14-17-20-23-26-29-32-35-38-50/h6-7,9-11,14-15,18,20,23-24,27,41,44-50,53-56H,2-5,8,12-13,16-17,19,21-22,25-26,28-40H2,1H3,(H,60,61)(H2,57,58,59)/b7-6-,10-9-,14-11-,18-15-,23-20-,27-24-/t41-,44?,45?,46?,47?,48-,49+/m1/s1. The van der Waals surface area contributed by atoms with E-state index in [9.17, 15) is 53.8 Å². The van der Waals surface area contributed by atoms with Gasteiger partial charge in [-0.2, -0.15) is 0 Å². The summed E-state index contributed by atoms with van der Waals surface area (Å²) in [5.74, 6) is -1.30. The molecule has 0 radical (unpaired) electrons. The summed E-state index contributed by atoms with van der Waals surface area (Å²) in [6, 6.07) is 0. The van der Waals surface area contributed by atoms with Crippen molar-refractivity contribution < 1.29 is 82.0 Å². The van der Waals surface area contributed by atoms with Gasteiger partial charge in [0.15, 0.2) is 6.10 Å². The van der Waals surface area contributed by atoms with E-state index in [1.807, 2.05) is 12.2 Å². The minimum absolute atomic E-state index is 0.0147. The average molecular weight is 1010 g/mol. The van der Waals surface area contributed by atoms with Gasteiger partial charge in [-0.3, -0.25) is 23.2 Å². The molecule has 0 saturated heterocycles. The molecule has 8 atom stereocenters. The first-order valence-electron chi connectivity index (χ1n) is 24.6. The van der Waals surface area contributed by atoms with E-state index in [0.717, 1.165) is 103 Å². The summed E-state index contributed by atoms with van der Waals surface area (Å²) < 4.78 is 49.3. The Hall–Kier alpha value is -2.60. The van der Waals surface area contributed by atoms with E-state index < -0.39 is 83.5 Å². The third-order valence-corrected chi connectivity index (χ3v) is 12.3. The molecule has 1 aliphatic carbocycles. The van der Waals surface area contributed by atoms with Crippen LogP contribution in [0.3, 0.4) is 0 Å². The number of aliphatic hydroxyl groups is 5. The zero-order valence-electron chi connectivity index (χ0n) is 40.2. The summed E-state index contributed by atoms with van der Waals surface area (Å²) in [5, 5.41) is 50.1. The van der Waals surface area contributed by atoms with Gasteiger partial charge in [-0.05, 0) is 89.9 Å². The van der Waals surface area contributed by atoms with Gasteiger partial charge in [-0.15, -0.1) is 0 Å². The fourth-order valence-electron chi connectivity index (χ4n) is 6.97. The normalized spacial score (nSPS) is 21.8. The molecular formula is C49H84O17P2. The van der Waals surface area contributed by atoms with Gasteiger partial charge in [0.25, 0.3) is 0 Å². The van der Waals surface area contributed by atoms with Gasteiger partial charge in [-0.25, -0.2) is 9.13 Å². The number of ether oxygens (including phenoxy) is 2. The van der Waals surface area contributed by atoms with Crippen LogP contribution in [-0.4, -0.2) is 115 Å². The van der Waals surface area contributed by atoms with Crippen molar-refractivity contribution in [3.05, 3.63) is 72.9 Å². The summed E-state index contributed by atoms with van der Waals surface area (Å²) in [5.41, 5.74) is 0. The molecule has 1 aliphatic rings. The Morgan fingerprint density at radius 3 is 1.43 bits per heavy atom. The van der Waals surface area contributed by atoms with E-state index in [2.05, 4.69) is 72.2 Å². The van der Waals surface area contributed by atoms with Crippen molar-refractivity contribution >= 4 is 27.6 Å². The van der Waals surface area contributed by atoms with Crippen LogP contribution in [0, 0.1) is 0 Å². The van der Waals surface area contributed by atoms with Crippen molar-refractivity contribution in [2.75, 3.05) is 19.8 Å². The largest absolute Gasteiger partial charge is 0.472 e. The predicted octanol–water partition coefficient (Wildman–Crippen LogP) is 8.59. The number of allylic oxidation sites excluding steroid dienone is 12. The molecule has 0 aromatic rings. The van der Waals surface area contributed by atoms with Crippen molar-refractivity contribution in [3.63, 3.8) is 0 Å². The predicted molar refractivity (Wildman–Crippen MR) is 261 cm³/mol. The van der Waals surface area contributed by atoms with E-state index in [1.165, 1.54) is 19.3 Å². The smallest absolute Gasteiger partial charge is 0.462 e. The molecule has 0 aromatic carbocycles. The van der Waals surface area contributed by atoms with Gasteiger partial charge < -0.3 is 49.7 Å². The molecule has 1 rings (SSSR count). The molecule has 68 heavy (non-hydrogen) atoms.